The molecule has 0 atom stereocenters. The highest BCUT2D eigenvalue weighted by molar-refractivity contribution is 6.09. The van der Waals surface area contributed by atoms with Gasteiger partial charge in [0.25, 0.3) is 0 Å². The van der Waals surface area contributed by atoms with Gasteiger partial charge in [0.2, 0.25) is 0 Å². The molecule has 0 aliphatic rings. The van der Waals surface area contributed by atoms with Gasteiger partial charge >= 0.3 is 5.97 Å². The molecule has 3 nitrogen and oxygen atoms in total. The van der Waals surface area contributed by atoms with Crippen LogP contribution in [0.1, 0.15) is 34.8 Å². The molecule has 0 spiro atoms. The summed E-state index contributed by atoms with van der Waals surface area (Å²) in [5.41, 5.74) is 4.27. The van der Waals surface area contributed by atoms with Crippen molar-refractivity contribution in [1.82, 2.24) is 0 Å². The smallest absolute Gasteiger partial charge is 0.305 e. The van der Waals surface area contributed by atoms with Gasteiger partial charge in [-0.3, -0.25) is 9.59 Å². The third-order valence-electron chi connectivity index (χ3n) is 4.14. The molecular weight excluding hydrogens is 324 g/mol. The standard InChI is InChI=1S/C23H20O3/c1-2-22(24)26-16-17-11-13-18(14-12-17)20-9-6-10-21(15-20)23(25)19-7-4-3-5-8-19/h3-15H,2,16H2,1H3. The molecule has 3 aromatic rings. The second-order valence-corrected chi connectivity index (χ2v) is 5.99. The number of ketones is 1. The zero-order chi connectivity index (χ0) is 18.4. The van der Waals surface area contributed by atoms with Crippen LogP contribution in [0.3, 0.4) is 0 Å². The molecule has 0 saturated carbocycles. The molecule has 0 N–H and O–H groups in total. The number of carbonyl (C=O) groups is 2. The predicted octanol–water partition coefficient (Wildman–Crippen LogP) is 5.04. The van der Waals surface area contributed by atoms with Crippen LogP contribution in [0.5, 0.6) is 0 Å². The first-order chi connectivity index (χ1) is 12.7. The minimum Gasteiger partial charge on any atom is -0.461 e. The highest BCUT2D eigenvalue weighted by Gasteiger charge is 2.09. The van der Waals surface area contributed by atoms with Crippen LogP contribution >= 0.6 is 0 Å². The summed E-state index contributed by atoms with van der Waals surface area (Å²) >= 11 is 0. The Hall–Kier alpha value is -3.20. The Morgan fingerprint density at radius 1 is 0.769 bits per heavy atom. The lowest BCUT2D eigenvalue weighted by Gasteiger charge is -2.07. The van der Waals surface area contributed by atoms with Gasteiger partial charge in [-0.2, -0.15) is 0 Å². The fraction of sp³-hybridized carbons (Fsp3) is 0.130. The van der Waals surface area contributed by atoms with E-state index in [0.717, 1.165) is 16.7 Å². The first kappa shape index (κ1) is 17.6. The van der Waals surface area contributed by atoms with Crippen LogP contribution in [0.4, 0.5) is 0 Å². The van der Waals surface area contributed by atoms with E-state index >= 15 is 0 Å². The van der Waals surface area contributed by atoms with E-state index in [1.165, 1.54) is 0 Å². The molecule has 0 saturated heterocycles. The minimum atomic E-state index is -0.207. The van der Waals surface area contributed by atoms with Crippen LogP contribution in [-0.4, -0.2) is 11.8 Å². The van der Waals surface area contributed by atoms with E-state index in [1.807, 2.05) is 78.9 Å². The lowest BCUT2D eigenvalue weighted by molar-refractivity contribution is -0.144. The van der Waals surface area contributed by atoms with Crippen molar-refractivity contribution in [2.75, 3.05) is 0 Å². The first-order valence-electron chi connectivity index (χ1n) is 8.62. The number of hydrogen-bond donors (Lipinski definition) is 0. The topological polar surface area (TPSA) is 43.4 Å². The molecule has 26 heavy (non-hydrogen) atoms. The number of carbonyl (C=O) groups excluding carboxylic acids is 2. The summed E-state index contributed by atoms with van der Waals surface area (Å²) in [5.74, 6) is -0.197. The van der Waals surface area contributed by atoms with Crippen LogP contribution in [0.15, 0.2) is 78.9 Å². The van der Waals surface area contributed by atoms with Gasteiger partial charge in [0.05, 0.1) is 0 Å². The van der Waals surface area contributed by atoms with Crippen LogP contribution in [0.25, 0.3) is 11.1 Å². The van der Waals surface area contributed by atoms with E-state index in [-0.39, 0.29) is 18.4 Å². The maximum Gasteiger partial charge on any atom is 0.305 e. The zero-order valence-corrected chi connectivity index (χ0v) is 14.6. The van der Waals surface area contributed by atoms with Gasteiger partial charge in [-0.05, 0) is 22.8 Å². The van der Waals surface area contributed by atoms with Gasteiger partial charge in [0, 0.05) is 17.5 Å². The third-order valence-corrected chi connectivity index (χ3v) is 4.14. The normalized spacial score (nSPS) is 10.3. The van der Waals surface area contributed by atoms with Crippen molar-refractivity contribution < 1.29 is 14.3 Å². The number of benzene rings is 3. The van der Waals surface area contributed by atoms with Crippen molar-refractivity contribution in [2.24, 2.45) is 0 Å². The van der Waals surface area contributed by atoms with E-state index in [4.69, 9.17) is 4.74 Å². The minimum absolute atomic E-state index is 0.00977. The van der Waals surface area contributed by atoms with Crippen molar-refractivity contribution in [3.05, 3.63) is 95.6 Å². The number of rotatable bonds is 6. The summed E-state index contributed by atoms with van der Waals surface area (Å²) in [6.45, 7) is 2.05. The van der Waals surface area contributed by atoms with Crippen LogP contribution < -0.4 is 0 Å². The highest BCUT2D eigenvalue weighted by Crippen LogP contribution is 2.22. The predicted molar refractivity (Wildman–Crippen MR) is 102 cm³/mol. The summed E-state index contributed by atoms with van der Waals surface area (Å²) in [7, 11) is 0. The Kier molecular flexibility index (Phi) is 5.59. The molecule has 0 heterocycles. The van der Waals surface area contributed by atoms with Gasteiger partial charge in [-0.15, -0.1) is 0 Å². The number of ether oxygens (including phenoxy) is 1. The average Bonchev–Trinajstić information content (AvgIpc) is 2.72. The Balaban J connectivity index is 1.78. The van der Waals surface area contributed by atoms with Gasteiger partial charge in [-0.1, -0.05) is 79.7 Å². The zero-order valence-electron chi connectivity index (χ0n) is 14.6. The summed E-state index contributed by atoms with van der Waals surface area (Å²) in [4.78, 5) is 23.9. The molecule has 0 bridgehead atoms. The van der Waals surface area contributed by atoms with Crippen LogP contribution in [0, 0.1) is 0 Å². The number of esters is 1. The maximum atomic E-state index is 12.6. The van der Waals surface area contributed by atoms with Crippen molar-refractivity contribution in [3.63, 3.8) is 0 Å². The van der Waals surface area contributed by atoms with E-state index in [1.54, 1.807) is 6.92 Å². The van der Waals surface area contributed by atoms with E-state index in [9.17, 15) is 9.59 Å². The molecule has 0 fully saturated rings. The van der Waals surface area contributed by atoms with Gasteiger partial charge < -0.3 is 4.74 Å². The monoisotopic (exact) mass is 344 g/mol. The first-order valence-corrected chi connectivity index (χ1v) is 8.62. The van der Waals surface area contributed by atoms with Gasteiger partial charge in [0.15, 0.2) is 5.78 Å². The SMILES string of the molecule is CCC(=O)OCc1ccc(-c2cccc(C(=O)c3ccccc3)c2)cc1. The van der Waals surface area contributed by atoms with Crippen molar-refractivity contribution in [2.45, 2.75) is 20.0 Å². The molecular formula is C23H20O3. The second-order valence-electron chi connectivity index (χ2n) is 5.99. The Labute approximate surface area is 153 Å². The number of hydrogen-bond acceptors (Lipinski definition) is 3. The van der Waals surface area contributed by atoms with E-state index in [2.05, 4.69) is 0 Å². The fourth-order valence-electron chi connectivity index (χ4n) is 2.66. The Morgan fingerprint density at radius 2 is 1.46 bits per heavy atom. The molecule has 0 unspecified atom stereocenters. The van der Waals surface area contributed by atoms with E-state index in [0.29, 0.717) is 17.5 Å². The lowest BCUT2D eigenvalue weighted by Crippen LogP contribution is -2.02. The average molecular weight is 344 g/mol. The lowest BCUT2D eigenvalue weighted by atomic mass is 9.98. The Bertz CT molecular complexity index is 896. The van der Waals surface area contributed by atoms with Crippen molar-refractivity contribution in [3.8, 4) is 11.1 Å². The molecule has 0 aliphatic heterocycles. The van der Waals surface area contributed by atoms with Crippen LogP contribution in [0.2, 0.25) is 0 Å². The molecule has 3 aromatic carbocycles. The molecule has 0 radical (unpaired) electrons. The summed E-state index contributed by atoms with van der Waals surface area (Å²) in [6, 6.07) is 24.7. The maximum absolute atomic E-state index is 12.6. The summed E-state index contributed by atoms with van der Waals surface area (Å²) in [5, 5.41) is 0. The van der Waals surface area contributed by atoms with Crippen molar-refractivity contribution in [1.29, 1.82) is 0 Å². The quantitative estimate of drug-likeness (QED) is 0.465. The van der Waals surface area contributed by atoms with Gasteiger partial charge in [-0.25, -0.2) is 0 Å². The Morgan fingerprint density at radius 3 is 2.15 bits per heavy atom. The van der Waals surface area contributed by atoms with E-state index < -0.39 is 0 Å². The fourth-order valence-corrected chi connectivity index (χ4v) is 2.66. The summed E-state index contributed by atoms with van der Waals surface area (Å²) < 4.78 is 5.14. The third kappa shape index (κ3) is 4.25. The molecule has 0 amide bonds. The largest absolute Gasteiger partial charge is 0.461 e. The molecule has 0 aromatic heterocycles. The van der Waals surface area contributed by atoms with Crippen LogP contribution in [-0.2, 0) is 16.1 Å². The molecule has 130 valence electrons. The van der Waals surface area contributed by atoms with Crippen molar-refractivity contribution >= 4 is 11.8 Å². The molecule has 3 heteroatoms. The van der Waals surface area contributed by atoms with Gasteiger partial charge in [0.1, 0.15) is 6.61 Å². The molecule has 3 rings (SSSR count). The molecule has 0 aliphatic carbocycles. The second kappa shape index (κ2) is 8.26. The summed E-state index contributed by atoms with van der Waals surface area (Å²) in [6.07, 6.45) is 0.375. The highest BCUT2D eigenvalue weighted by atomic mass is 16.5.